The standard InChI is InChI=1S/C25H37N5O/c26-25-15-19(6-11-28-25)17-29-13-8-21(9-14-29)31-22-4-2-12-30(18-22)24-5-1-3-20-16-27-10-7-23(20)24/h6-7,10-11,15,21-22,24,27H,1-5,8-9,12-14,16-18H2,(H2,26,28). The van der Waals surface area contributed by atoms with E-state index in [2.05, 4.69) is 38.4 Å². The Morgan fingerprint density at radius 3 is 2.87 bits per heavy atom. The van der Waals surface area contributed by atoms with Crippen LogP contribution >= 0.6 is 0 Å². The normalized spacial score (nSPS) is 28.4. The molecule has 5 rings (SSSR count). The first-order valence-electron chi connectivity index (χ1n) is 12.2. The summed E-state index contributed by atoms with van der Waals surface area (Å²) in [5, 5.41) is 3.40. The van der Waals surface area contributed by atoms with Crippen LogP contribution in [0.2, 0.25) is 0 Å². The number of anilines is 1. The molecule has 3 aliphatic heterocycles. The molecule has 4 aliphatic rings. The second-order valence-electron chi connectivity index (χ2n) is 9.64. The van der Waals surface area contributed by atoms with E-state index in [1.165, 1.54) is 44.2 Å². The van der Waals surface area contributed by atoms with E-state index in [9.17, 15) is 0 Å². The van der Waals surface area contributed by atoms with Crippen molar-refractivity contribution in [3.05, 3.63) is 47.3 Å². The Balaban J connectivity index is 1.12. The van der Waals surface area contributed by atoms with Gasteiger partial charge < -0.3 is 15.8 Å². The topological polar surface area (TPSA) is 66.7 Å². The molecule has 0 saturated carbocycles. The quantitative estimate of drug-likeness (QED) is 0.759. The summed E-state index contributed by atoms with van der Waals surface area (Å²) in [5.41, 5.74) is 10.3. The highest BCUT2D eigenvalue weighted by molar-refractivity contribution is 5.36. The van der Waals surface area contributed by atoms with E-state index in [1.54, 1.807) is 17.3 Å². The largest absolute Gasteiger partial charge is 0.387 e. The number of rotatable bonds is 5. The first-order chi connectivity index (χ1) is 15.2. The van der Waals surface area contributed by atoms with Gasteiger partial charge in [-0.2, -0.15) is 0 Å². The number of nitrogens with zero attached hydrogens (tertiary/aromatic N) is 3. The van der Waals surface area contributed by atoms with Gasteiger partial charge in [0.25, 0.3) is 0 Å². The molecule has 168 valence electrons. The molecule has 2 saturated heterocycles. The molecule has 2 fully saturated rings. The lowest BCUT2D eigenvalue weighted by Crippen LogP contribution is -2.49. The molecule has 6 heteroatoms. The second-order valence-corrected chi connectivity index (χ2v) is 9.64. The number of pyridine rings is 1. The Labute approximate surface area is 186 Å². The van der Waals surface area contributed by atoms with Crippen molar-refractivity contribution in [1.82, 2.24) is 20.1 Å². The van der Waals surface area contributed by atoms with E-state index in [4.69, 9.17) is 10.5 Å². The molecule has 4 heterocycles. The fourth-order valence-electron chi connectivity index (χ4n) is 5.86. The summed E-state index contributed by atoms with van der Waals surface area (Å²) >= 11 is 0. The molecule has 2 atom stereocenters. The molecule has 31 heavy (non-hydrogen) atoms. The van der Waals surface area contributed by atoms with Gasteiger partial charge in [-0.15, -0.1) is 0 Å². The molecule has 0 aromatic carbocycles. The molecular weight excluding hydrogens is 386 g/mol. The number of nitrogens with one attached hydrogen (secondary N) is 1. The summed E-state index contributed by atoms with van der Waals surface area (Å²) in [6.07, 6.45) is 15.7. The second kappa shape index (κ2) is 9.72. The SMILES string of the molecule is Nc1cc(CN2CCC(OC3CCCN(C4CCCC5=C4C=CNC5)C3)CC2)ccn1. The number of dihydropyridines is 1. The summed E-state index contributed by atoms with van der Waals surface area (Å²) in [7, 11) is 0. The van der Waals surface area contributed by atoms with Gasteiger partial charge in [-0.1, -0.05) is 0 Å². The molecule has 3 N–H and O–H groups in total. The van der Waals surface area contributed by atoms with Crippen molar-refractivity contribution >= 4 is 5.82 Å². The van der Waals surface area contributed by atoms with Crippen LogP contribution in [-0.2, 0) is 11.3 Å². The zero-order chi connectivity index (χ0) is 21.0. The Kier molecular flexibility index (Phi) is 6.58. The molecule has 0 radical (unpaired) electrons. The van der Waals surface area contributed by atoms with Crippen LogP contribution in [-0.4, -0.2) is 65.8 Å². The maximum absolute atomic E-state index is 6.66. The van der Waals surface area contributed by atoms with E-state index in [-0.39, 0.29) is 0 Å². The number of likely N-dealkylation sites (tertiary alicyclic amines) is 2. The Morgan fingerprint density at radius 2 is 2.00 bits per heavy atom. The van der Waals surface area contributed by atoms with Gasteiger partial charge in [-0.25, -0.2) is 4.98 Å². The molecule has 1 aromatic rings. The molecule has 1 aliphatic carbocycles. The number of aromatic nitrogens is 1. The van der Waals surface area contributed by atoms with E-state index in [0.717, 1.165) is 45.6 Å². The van der Waals surface area contributed by atoms with Gasteiger partial charge in [0, 0.05) is 45.0 Å². The minimum Gasteiger partial charge on any atom is -0.387 e. The van der Waals surface area contributed by atoms with Crippen LogP contribution < -0.4 is 11.1 Å². The average Bonchev–Trinajstić information content (AvgIpc) is 2.80. The monoisotopic (exact) mass is 423 g/mol. The first kappa shape index (κ1) is 21.0. The summed E-state index contributed by atoms with van der Waals surface area (Å²) in [4.78, 5) is 9.34. The lowest BCUT2D eigenvalue weighted by atomic mass is 9.84. The van der Waals surface area contributed by atoms with Crippen molar-refractivity contribution in [3.63, 3.8) is 0 Å². The predicted octanol–water partition coefficient (Wildman–Crippen LogP) is 3.08. The first-order valence-corrected chi connectivity index (χ1v) is 12.2. The maximum atomic E-state index is 6.66. The minimum absolute atomic E-state index is 0.391. The molecule has 0 amide bonds. The van der Waals surface area contributed by atoms with Crippen LogP contribution in [0.5, 0.6) is 0 Å². The predicted molar refractivity (Wildman–Crippen MR) is 124 cm³/mol. The Hall–Kier alpha value is -1.89. The number of piperidine rings is 2. The van der Waals surface area contributed by atoms with Gasteiger partial charge in [0.05, 0.1) is 12.2 Å². The Morgan fingerprint density at radius 1 is 1.10 bits per heavy atom. The average molecular weight is 424 g/mol. The number of hydrogen-bond acceptors (Lipinski definition) is 6. The zero-order valence-corrected chi connectivity index (χ0v) is 18.6. The number of nitrogens with two attached hydrogens (primary N) is 1. The molecule has 0 spiro atoms. The van der Waals surface area contributed by atoms with Crippen molar-refractivity contribution in [3.8, 4) is 0 Å². The number of hydrogen-bond donors (Lipinski definition) is 2. The van der Waals surface area contributed by atoms with Crippen LogP contribution in [0.15, 0.2) is 41.8 Å². The zero-order valence-electron chi connectivity index (χ0n) is 18.6. The highest BCUT2D eigenvalue weighted by atomic mass is 16.5. The summed E-state index contributed by atoms with van der Waals surface area (Å²) in [6.45, 7) is 6.51. The molecule has 2 unspecified atom stereocenters. The fourth-order valence-corrected chi connectivity index (χ4v) is 5.86. The lowest BCUT2D eigenvalue weighted by Gasteiger charge is -2.43. The van der Waals surface area contributed by atoms with E-state index in [0.29, 0.717) is 24.1 Å². The lowest BCUT2D eigenvalue weighted by molar-refractivity contribution is -0.0742. The van der Waals surface area contributed by atoms with Crippen LogP contribution in [0.3, 0.4) is 0 Å². The fraction of sp³-hybridized carbons (Fsp3) is 0.640. The van der Waals surface area contributed by atoms with Gasteiger partial charge in [-0.05, 0) is 92.6 Å². The van der Waals surface area contributed by atoms with E-state index >= 15 is 0 Å². The third-order valence-electron chi connectivity index (χ3n) is 7.44. The Bertz CT molecular complexity index is 814. The van der Waals surface area contributed by atoms with Gasteiger partial charge in [0.15, 0.2) is 0 Å². The summed E-state index contributed by atoms with van der Waals surface area (Å²) in [5.74, 6) is 0.610. The smallest absolute Gasteiger partial charge is 0.123 e. The minimum atomic E-state index is 0.391. The van der Waals surface area contributed by atoms with Crippen molar-refractivity contribution < 1.29 is 4.74 Å². The third kappa shape index (κ3) is 5.13. The summed E-state index contributed by atoms with van der Waals surface area (Å²) < 4.78 is 6.66. The van der Waals surface area contributed by atoms with Gasteiger partial charge in [-0.3, -0.25) is 9.80 Å². The highest BCUT2D eigenvalue weighted by Gasteiger charge is 2.33. The van der Waals surface area contributed by atoms with Crippen molar-refractivity contribution in [1.29, 1.82) is 0 Å². The van der Waals surface area contributed by atoms with Crippen LogP contribution in [0.1, 0.15) is 50.5 Å². The molecule has 1 aromatic heterocycles. The molecular formula is C25H37N5O. The molecule has 6 nitrogen and oxygen atoms in total. The van der Waals surface area contributed by atoms with Gasteiger partial charge in [0.1, 0.15) is 5.82 Å². The van der Waals surface area contributed by atoms with E-state index in [1.807, 2.05) is 6.07 Å². The summed E-state index contributed by atoms with van der Waals surface area (Å²) in [6, 6.07) is 4.66. The van der Waals surface area contributed by atoms with Crippen LogP contribution in [0.4, 0.5) is 5.82 Å². The van der Waals surface area contributed by atoms with E-state index < -0.39 is 0 Å². The van der Waals surface area contributed by atoms with Crippen molar-refractivity contribution in [2.45, 2.75) is 69.7 Å². The van der Waals surface area contributed by atoms with Crippen molar-refractivity contribution in [2.24, 2.45) is 0 Å². The number of nitrogen functional groups attached to an aromatic ring is 1. The van der Waals surface area contributed by atoms with Crippen LogP contribution in [0, 0.1) is 0 Å². The van der Waals surface area contributed by atoms with Gasteiger partial charge in [0.2, 0.25) is 0 Å². The van der Waals surface area contributed by atoms with Crippen molar-refractivity contribution in [2.75, 3.05) is 38.5 Å². The molecule has 0 bridgehead atoms. The highest BCUT2D eigenvalue weighted by Crippen LogP contribution is 2.33. The maximum Gasteiger partial charge on any atom is 0.123 e. The number of ether oxygens (including phenoxy) is 1. The van der Waals surface area contributed by atoms with Gasteiger partial charge >= 0.3 is 0 Å². The third-order valence-corrected chi connectivity index (χ3v) is 7.44. The van der Waals surface area contributed by atoms with Crippen LogP contribution in [0.25, 0.3) is 0 Å².